The fourth-order valence-corrected chi connectivity index (χ4v) is 2.36. The molecular weight excluding hydrogens is 260 g/mol. The Morgan fingerprint density at radius 1 is 1.30 bits per heavy atom. The number of hydrogen-bond donors (Lipinski definition) is 2. The molecule has 0 radical (unpaired) electrons. The molecule has 108 valence electrons. The monoisotopic (exact) mass is 278 g/mol. The summed E-state index contributed by atoms with van der Waals surface area (Å²) in [7, 11) is 2.95. The predicted molar refractivity (Wildman–Crippen MR) is 72.2 cm³/mol. The fraction of sp³-hybridized carbons (Fsp3) is 0.538. The minimum absolute atomic E-state index is 0.0457. The number of nitrogens with one attached hydrogen (secondary N) is 2. The third-order valence-corrected chi connectivity index (χ3v) is 3.44. The number of hydrogen-bond acceptors (Lipinski definition) is 6. The largest absolute Gasteiger partial charge is 0.469 e. The molecule has 1 aliphatic rings. The van der Waals surface area contributed by atoms with E-state index in [1.807, 2.05) is 0 Å². The van der Waals surface area contributed by atoms with E-state index in [0.29, 0.717) is 5.82 Å². The van der Waals surface area contributed by atoms with E-state index in [1.54, 1.807) is 19.2 Å². The zero-order valence-electron chi connectivity index (χ0n) is 11.5. The molecule has 2 rings (SSSR count). The van der Waals surface area contributed by atoms with Crippen LogP contribution in [0.15, 0.2) is 12.1 Å². The lowest BCUT2D eigenvalue weighted by molar-refractivity contribution is -0.145. The lowest BCUT2D eigenvalue weighted by atomic mass is 10.1. The molecule has 2 N–H and O–H groups in total. The number of nitrogens with zero attached hydrogens (tertiary/aromatic N) is 2. The van der Waals surface area contributed by atoms with Crippen molar-refractivity contribution < 1.29 is 14.3 Å². The maximum Gasteiger partial charge on any atom is 0.308 e. The van der Waals surface area contributed by atoms with Gasteiger partial charge in [0.25, 0.3) is 5.91 Å². The van der Waals surface area contributed by atoms with Crippen molar-refractivity contribution in [2.45, 2.75) is 25.3 Å². The standard InChI is InChI=1S/C13H18N4O3/c1-14-12(18)10-5-6-11(17-16-10)15-9-4-3-8(7-9)13(19)20-2/h5-6,8-9H,3-4,7H2,1-2H3,(H,14,18)(H,15,17)/t8-,9+/m0/s1. The van der Waals surface area contributed by atoms with E-state index in [1.165, 1.54) is 7.11 Å². The van der Waals surface area contributed by atoms with Crippen LogP contribution in [0.4, 0.5) is 5.82 Å². The Bertz CT molecular complexity index is 489. The van der Waals surface area contributed by atoms with Crippen molar-refractivity contribution in [3.05, 3.63) is 17.8 Å². The summed E-state index contributed by atoms with van der Waals surface area (Å²) in [5.41, 5.74) is 0.275. The van der Waals surface area contributed by atoms with Crippen LogP contribution in [-0.4, -0.2) is 42.3 Å². The first-order valence-corrected chi connectivity index (χ1v) is 6.54. The molecule has 0 unspecified atom stereocenters. The quantitative estimate of drug-likeness (QED) is 0.783. The highest BCUT2D eigenvalue weighted by Gasteiger charge is 2.30. The van der Waals surface area contributed by atoms with E-state index in [4.69, 9.17) is 4.74 Å². The summed E-state index contributed by atoms with van der Waals surface area (Å²) in [6.07, 6.45) is 2.43. The maximum absolute atomic E-state index is 11.4. The predicted octanol–water partition coefficient (Wildman–Crippen LogP) is 0.590. The van der Waals surface area contributed by atoms with Crippen LogP contribution in [0.2, 0.25) is 0 Å². The molecule has 0 aliphatic heterocycles. The molecule has 0 bridgehead atoms. The van der Waals surface area contributed by atoms with Gasteiger partial charge in [-0.1, -0.05) is 0 Å². The second-order valence-corrected chi connectivity index (χ2v) is 4.76. The van der Waals surface area contributed by atoms with Gasteiger partial charge in [0.2, 0.25) is 0 Å². The highest BCUT2D eigenvalue weighted by atomic mass is 16.5. The van der Waals surface area contributed by atoms with E-state index in [9.17, 15) is 9.59 Å². The second kappa shape index (κ2) is 6.31. The van der Waals surface area contributed by atoms with Crippen LogP contribution in [0.3, 0.4) is 0 Å². The average Bonchev–Trinajstić information content (AvgIpc) is 2.95. The normalized spacial score (nSPS) is 21.3. The zero-order valence-corrected chi connectivity index (χ0v) is 11.5. The Balaban J connectivity index is 1.91. The van der Waals surface area contributed by atoms with Gasteiger partial charge in [0, 0.05) is 13.1 Å². The van der Waals surface area contributed by atoms with Crippen molar-refractivity contribution in [1.29, 1.82) is 0 Å². The first-order chi connectivity index (χ1) is 9.63. The maximum atomic E-state index is 11.4. The Hall–Kier alpha value is -2.18. The molecule has 1 fully saturated rings. The molecule has 1 aromatic heterocycles. The van der Waals surface area contributed by atoms with E-state index in [2.05, 4.69) is 20.8 Å². The van der Waals surface area contributed by atoms with Crippen molar-refractivity contribution >= 4 is 17.7 Å². The van der Waals surface area contributed by atoms with Gasteiger partial charge in [-0.3, -0.25) is 9.59 Å². The van der Waals surface area contributed by atoms with Crippen LogP contribution in [0.5, 0.6) is 0 Å². The highest BCUT2D eigenvalue weighted by molar-refractivity contribution is 5.91. The molecule has 0 spiro atoms. The van der Waals surface area contributed by atoms with E-state index >= 15 is 0 Å². The number of rotatable bonds is 4. The summed E-state index contributed by atoms with van der Waals surface area (Å²) in [6, 6.07) is 3.50. The summed E-state index contributed by atoms with van der Waals surface area (Å²) in [5, 5.41) is 13.5. The van der Waals surface area contributed by atoms with Gasteiger partial charge in [-0.15, -0.1) is 10.2 Å². The van der Waals surface area contributed by atoms with Gasteiger partial charge >= 0.3 is 5.97 Å². The highest BCUT2D eigenvalue weighted by Crippen LogP contribution is 2.28. The number of carbonyl (C=O) groups excluding carboxylic acids is 2. The Morgan fingerprint density at radius 3 is 2.70 bits per heavy atom. The zero-order chi connectivity index (χ0) is 14.5. The van der Waals surface area contributed by atoms with Gasteiger partial charge in [-0.05, 0) is 31.4 Å². The number of amides is 1. The number of aromatic nitrogens is 2. The van der Waals surface area contributed by atoms with Crippen LogP contribution in [0, 0.1) is 5.92 Å². The Kier molecular flexibility index (Phi) is 4.49. The number of esters is 1. The fourth-order valence-electron chi connectivity index (χ4n) is 2.36. The minimum Gasteiger partial charge on any atom is -0.469 e. The summed E-state index contributed by atoms with van der Waals surface area (Å²) in [5.74, 6) is 0.134. The van der Waals surface area contributed by atoms with Crippen LogP contribution < -0.4 is 10.6 Å². The van der Waals surface area contributed by atoms with Gasteiger partial charge in [-0.2, -0.15) is 0 Å². The van der Waals surface area contributed by atoms with Gasteiger partial charge < -0.3 is 15.4 Å². The molecule has 7 heteroatoms. The number of ether oxygens (including phenoxy) is 1. The summed E-state index contributed by atoms with van der Waals surface area (Å²) in [4.78, 5) is 22.8. The Morgan fingerprint density at radius 2 is 2.10 bits per heavy atom. The molecule has 20 heavy (non-hydrogen) atoms. The van der Waals surface area contributed by atoms with Crippen molar-refractivity contribution in [3.63, 3.8) is 0 Å². The van der Waals surface area contributed by atoms with Crippen LogP contribution in [-0.2, 0) is 9.53 Å². The van der Waals surface area contributed by atoms with Crippen molar-refractivity contribution in [2.24, 2.45) is 5.92 Å². The van der Waals surface area contributed by atoms with Gasteiger partial charge in [0.05, 0.1) is 13.0 Å². The van der Waals surface area contributed by atoms with E-state index in [0.717, 1.165) is 19.3 Å². The summed E-state index contributed by atoms with van der Waals surface area (Å²) in [6.45, 7) is 0. The molecule has 1 saturated carbocycles. The topological polar surface area (TPSA) is 93.2 Å². The van der Waals surface area contributed by atoms with Crippen molar-refractivity contribution in [1.82, 2.24) is 15.5 Å². The molecule has 1 heterocycles. The van der Waals surface area contributed by atoms with Gasteiger partial charge in [0.15, 0.2) is 5.69 Å². The molecular formula is C13H18N4O3. The number of anilines is 1. The smallest absolute Gasteiger partial charge is 0.308 e. The summed E-state index contributed by atoms with van der Waals surface area (Å²) < 4.78 is 4.75. The van der Waals surface area contributed by atoms with Crippen LogP contribution in [0.1, 0.15) is 29.8 Å². The minimum atomic E-state index is -0.268. The van der Waals surface area contributed by atoms with Crippen molar-refractivity contribution in [3.8, 4) is 0 Å². The molecule has 0 aromatic carbocycles. The first-order valence-electron chi connectivity index (χ1n) is 6.54. The molecule has 1 aliphatic carbocycles. The van der Waals surface area contributed by atoms with Crippen molar-refractivity contribution in [2.75, 3.05) is 19.5 Å². The number of carbonyl (C=O) groups is 2. The number of methoxy groups -OCH3 is 1. The lowest BCUT2D eigenvalue weighted by Gasteiger charge is -2.12. The average molecular weight is 278 g/mol. The SMILES string of the molecule is CNC(=O)c1ccc(N[C@@H]2CC[C@H](C(=O)OC)C2)nn1. The van der Waals surface area contributed by atoms with Gasteiger partial charge in [-0.25, -0.2) is 0 Å². The molecule has 0 saturated heterocycles. The lowest BCUT2D eigenvalue weighted by Crippen LogP contribution is -2.21. The third kappa shape index (κ3) is 3.23. The first kappa shape index (κ1) is 14.2. The van der Waals surface area contributed by atoms with Gasteiger partial charge in [0.1, 0.15) is 5.82 Å². The van der Waals surface area contributed by atoms with E-state index in [-0.39, 0.29) is 29.5 Å². The molecule has 2 atom stereocenters. The van der Waals surface area contributed by atoms with Crippen LogP contribution >= 0.6 is 0 Å². The molecule has 1 aromatic rings. The Labute approximate surface area is 117 Å². The second-order valence-electron chi connectivity index (χ2n) is 4.76. The third-order valence-electron chi connectivity index (χ3n) is 3.44. The summed E-state index contributed by atoms with van der Waals surface area (Å²) >= 11 is 0. The molecule has 1 amide bonds. The molecule has 7 nitrogen and oxygen atoms in total. The van der Waals surface area contributed by atoms with E-state index < -0.39 is 0 Å². The van der Waals surface area contributed by atoms with Crippen LogP contribution in [0.25, 0.3) is 0 Å².